The van der Waals surface area contributed by atoms with Crippen LogP contribution >= 0.6 is 0 Å². The SMILES string of the molecule is CC(=NC1CCOCC1)/C1=C(\N)OC(O)(O)CCn2nc(C)c3cnc(nc32)N1. The average Bonchev–Trinajstić information content (AvgIpc) is 2.99. The van der Waals surface area contributed by atoms with E-state index in [4.69, 9.17) is 20.2 Å². The summed E-state index contributed by atoms with van der Waals surface area (Å²) in [5, 5.41) is 28.8. The number of hydrogen-bond acceptors (Lipinski definition) is 10. The molecule has 0 radical (unpaired) electrons. The van der Waals surface area contributed by atoms with Crippen LogP contribution in [-0.4, -0.2) is 60.9 Å². The minimum Gasteiger partial charge on any atom is -0.422 e. The van der Waals surface area contributed by atoms with E-state index in [0.29, 0.717) is 24.6 Å². The van der Waals surface area contributed by atoms with Crippen LogP contribution in [0.25, 0.3) is 11.0 Å². The number of aromatic nitrogens is 4. The molecule has 2 aliphatic heterocycles. The highest BCUT2D eigenvalue weighted by Crippen LogP contribution is 2.23. The van der Waals surface area contributed by atoms with Gasteiger partial charge in [0.15, 0.2) is 5.65 Å². The van der Waals surface area contributed by atoms with Crippen molar-refractivity contribution in [2.75, 3.05) is 18.5 Å². The molecule has 0 atom stereocenters. The van der Waals surface area contributed by atoms with E-state index in [1.807, 2.05) is 6.92 Å². The molecule has 156 valence electrons. The van der Waals surface area contributed by atoms with Gasteiger partial charge in [-0.25, -0.2) is 9.67 Å². The Labute approximate surface area is 167 Å². The van der Waals surface area contributed by atoms with Gasteiger partial charge in [-0.15, -0.1) is 0 Å². The van der Waals surface area contributed by atoms with Gasteiger partial charge in [0.05, 0.1) is 35.8 Å². The van der Waals surface area contributed by atoms with Crippen LogP contribution in [-0.2, 0) is 16.0 Å². The summed E-state index contributed by atoms with van der Waals surface area (Å²) in [4.78, 5) is 13.6. The van der Waals surface area contributed by atoms with Gasteiger partial charge in [-0.3, -0.25) is 4.99 Å². The fraction of sp³-hybridized carbons (Fsp3) is 0.556. The number of allylic oxidation sites excluding steroid dienone is 1. The maximum absolute atomic E-state index is 10.3. The Morgan fingerprint density at radius 2 is 2.14 bits per heavy atom. The molecule has 11 heteroatoms. The number of ether oxygens (including phenoxy) is 2. The Kier molecular flexibility index (Phi) is 5.11. The zero-order chi connectivity index (χ0) is 20.6. The molecule has 0 aromatic carbocycles. The van der Waals surface area contributed by atoms with Gasteiger partial charge >= 0.3 is 5.97 Å². The van der Waals surface area contributed by atoms with Crippen molar-refractivity contribution in [1.82, 2.24) is 19.7 Å². The largest absolute Gasteiger partial charge is 0.422 e. The molecule has 1 saturated heterocycles. The van der Waals surface area contributed by atoms with E-state index in [0.717, 1.165) is 23.9 Å². The van der Waals surface area contributed by atoms with E-state index < -0.39 is 5.97 Å². The molecule has 0 unspecified atom stereocenters. The quantitative estimate of drug-likeness (QED) is 0.411. The highest BCUT2D eigenvalue weighted by Gasteiger charge is 2.30. The molecular weight excluding hydrogens is 378 g/mol. The normalized spacial score (nSPS) is 23.5. The van der Waals surface area contributed by atoms with Crippen LogP contribution in [0.15, 0.2) is 22.8 Å². The number of aliphatic imine (C=N–C) groups is 1. The number of aryl methyl sites for hydroxylation is 2. The maximum Gasteiger partial charge on any atom is 0.324 e. The number of aliphatic hydroxyl groups is 2. The second-order valence-electron chi connectivity index (χ2n) is 7.26. The lowest BCUT2D eigenvalue weighted by Crippen LogP contribution is -2.36. The topological polar surface area (TPSA) is 153 Å². The van der Waals surface area contributed by atoms with Crippen LogP contribution in [0.4, 0.5) is 5.95 Å². The average molecular weight is 403 g/mol. The number of nitrogens with zero attached hydrogens (tertiary/aromatic N) is 5. The first-order chi connectivity index (χ1) is 13.8. The number of hydrogen-bond donors (Lipinski definition) is 4. The first kappa shape index (κ1) is 19.6. The number of nitrogens with two attached hydrogens (primary N) is 1. The predicted octanol–water partition coefficient (Wildman–Crippen LogP) is 0.373. The van der Waals surface area contributed by atoms with E-state index in [1.165, 1.54) is 0 Å². The van der Waals surface area contributed by atoms with E-state index in [1.54, 1.807) is 17.8 Å². The molecule has 2 aromatic rings. The molecule has 0 saturated carbocycles. The minimum atomic E-state index is -2.48. The maximum atomic E-state index is 10.3. The summed E-state index contributed by atoms with van der Waals surface area (Å²) in [5.74, 6) is -2.40. The second kappa shape index (κ2) is 7.58. The lowest BCUT2D eigenvalue weighted by molar-refractivity contribution is -0.325. The number of rotatable bonds is 2. The Bertz CT molecular complexity index is 976. The molecule has 4 rings (SSSR count). The molecule has 1 fully saturated rings. The van der Waals surface area contributed by atoms with Crippen molar-refractivity contribution < 1.29 is 19.7 Å². The summed E-state index contributed by atoms with van der Waals surface area (Å²) in [6.45, 7) is 5.10. The van der Waals surface area contributed by atoms with Crippen LogP contribution in [0.1, 0.15) is 31.9 Å². The van der Waals surface area contributed by atoms with Gasteiger partial charge in [0.1, 0.15) is 5.70 Å². The van der Waals surface area contributed by atoms with Crippen LogP contribution in [0, 0.1) is 6.92 Å². The fourth-order valence-corrected chi connectivity index (χ4v) is 3.45. The van der Waals surface area contributed by atoms with Gasteiger partial charge in [-0.05, 0) is 26.7 Å². The second-order valence-corrected chi connectivity index (χ2v) is 7.26. The molecule has 11 nitrogen and oxygen atoms in total. The summed E-state index contributed by atoms with van der Waals surface area (Å²) in [6, 6.07) is 0.0875. The van der Waals surface area contributed by atoms with E-state index in [2.05, 4.69) is 20.4 Å². The number of nitrogens with one attached hydrogen (secondary N) is 1. The minimum absolute atomic E-state index is 0.0875. The fourth-order valence-electron chi connectivity index (χ4n) is 3.45. The number of fused-ring (bicyclic) bond motifs is 1. The summed E-state index contributed by atoms with van der Waals surface area (Å²) >= 11 is 0. The molecule has 2 bridgehead atoms. The van der Waals surface area contributed by atoms with Gasteiger partial charge in [-0.1, -0.05) is 0 Å². The third-order valence-corrected chi connectivity index (χ3v) is 5.01. The lowest BCUT2D eigenvalue weighted by Gasteiger charge is -2.24. The van der Waals surface area contributed by atoms with Crippen molar-refractivity contribution in [3.05, 3.63) is 23.5 Å². The van der Waals surface area contributed by atoms with Gasteiger partial charge in [0.2, 0.25) is 11.8 Å². The van der Waals surface area contributed by atoms with Crippen LogP contribution < -0.4 is 11.1 Å². The molecular formula is C18H25N7O4. The standard InChI is InChI=1S/C18H25N7O4/c1-10-13-9-20-17-22-14(11(2)21-12-3-7-28-8-4-12)15(19)29-18(26,27)5-6-25(24-10)16(13)23-17/h9,12,26-27H,3-8,19H2,1-2H3,(H,20,22,23)/b15-14-,21-11?. The van der Waals surface area contributed by atoms with Crippen molar-refractivity contribution in [1.29, 1.82) is 0 Å². The Balaban J connectivity index is 1.76. The van der Waals surface area contributed by atoms with Gasteiger partial charge in [-0.2, -0.15) is 10.1 Å². The van der Waals surface area contributed by atoms with Gasteiger partial charge in [0, 0.05) is 19.4 Å². The summed E-state index contributed by atoms with van der Waals surface area (Å²) in [5.41, 5.74) is 8.24. The van der Waals surface area contributed by atoms with Crippen LogP contribution in [0.2, 0.25) is 0 Å². The van der Waals surface area contributed by atoms with E-state index in [-0.39, 0.29) is 36.5 Å². The third kappa shape index (κ3) is 4.16. The summed E-state index contributed by atoms with van der Waals surface area (Å²) < 4.78 is 12.2. The summed E-state index contributed by atoms with van der Waals surface area (Å²) in [7, 11) is 0. The van der Waals surface area contributed by atoms with E-state index in [9.17, 15) is 10.2 Å². The third-order valence-electron chi connectivity index (χ3n) is 5.01. The molecule has 0 spiro atoms. The number of anilines is 1. The van der Waals surface area contributed by atoms with Crippen molar-refractivity contribution in [3.63, 3.8) is 0 Å². The molecule has 0 aliphatic carbocycles. The zero-order valence-corrected chi connectivity index (χ0v) is 16.4. The van der Waals surface area contributed by atoms with Gasteiger partial charge in [0.25, 0.3) is 0 Å². The molecule has 2 aromatic heterocycles. The zero-order valence-electron chi connectivity index (χ0n) is 16.4. The molecule has 4 heterocycles. The molecule has 0 amide bonds. The lowest BCUT2D eigenvalue weighted by atomic mass is 10.1. The molecule has 2 aliphatic rings. The smallest absolute Gasteiger partial charge is 0.324 e. The Morgan fingerprint density at radius 1 is 1.38 bits per heavy atom. The van der Waals surface area contributed by atoms with Gasteiger partial charge < -0.3 is 30.7 Å². The Hall–Kier alpha value is -2.76. The van der Waals surface area contributed by atoms with E-state index >= 15 is 0 Å². The van der Waals surface area contributed by atoms with Crippen LogP contribution in [0.5, 0.6) is 0 Å². The van der Waals surface area contributed by atoms with Crippen molar-refractivity contribution in [2.24, 2.45) is 10.7 Å². The first-order valence-corrected chi connectivity index (χ1v) is 9.55. The van der Waals surface area contributed by atoms with Crippen molar-refractivity contribution in [3.8, 4) is 0 Å². The van der Waals surface area contributed by atoms with Crippen LogP contribution in [0.3, 0.4) is 0 Å². The monoisotopic (exact) mass is 403 g/mol. The highest BCUT2D eigenvalue weighted by molar-refractivity contribution is 6.01. The Morgan fingerprint density at radius 3 is 2.90 bits per heavy atom. The first-order valence-electron chi connectivity index (χ1n) is 9.55. The summed E-state index contributed by atoms with van der Waals surface area (Å²) in [6.07, 6.45) is 3.12. The molecule has 29 heavy (non-hydrogen) atoms. The highest BCUT2D eigenvalue weighted by atomic mass is 16.8. The molecule has 5 N–H and O–H groups in total. The van der Waals surface area contributed by atoms with Crippen molar-refractivity contribution in [2.45, 2.75) is 51.7 Å². The van der Waals surface area contributed by atoms with Crippen molar-refractivity contribution >= 4 is 22.7 Å². The predicted molar refractivity (Wildman–Crippen MR) is 105 cm³/mol.